The van der Waals surface area contributed by atoms with Crippen LogP contribution < -0.4 is 15.0 Å². The number of methoxy groups -OCH3 is 1. The highest BCUT2D eigenvalue weighted by atomic mass is 32.1. The van der Waals surface area contributed by atoms with Gasteiger partial charge >= 0.3 is 5.79 Å². The van der Waals surface area contributed by atoms with E-state index >= 15 is 0 Å². The molecule has 3 aliphatic rings. The average molecular weight is 795 g/mol. The van der Waals surface area contributed by atoms with Crippen LogP contribution in [0.15, 0.2) is 36.1 Å². The van der Waals surface area contributed by atoms with E-state index in [1.165, 1.54) is 31.6 Å². The van der Waals surface area contributed by atoms with Gasteiger partial charge in [0.15, 0.2) is 10.9 Å². The molecular formula is C41H54N4O10S. The minimum Gasteiger partial charge on any atom is -0.507 e. The van der Waals surface area contributed by atoms with Gasteiger partial charge in [0.25, 0.3) is 11.7 Å². The van der Waals surface area contributed by atoms with Crippen LogP contribution in [0, 0.1) is 30.6 Å². The lowest BCUT2D eigenvalue weighted by atomic mass is 9.78. The summed E-state index contributed by atoms with van der Waals surface area (Å²) >= 11 is 1.26. The fourth-order valence-corrected chi connectivity index (χ4v) is 8.98. The highest BCUT2D eigenvalue weighted by molar-refractivity contribution is 7.23. The number of phenols is 2. The second kappa shape index (κ2) is 15.9. The Morgan fingerprint density at radius 2 is 1.57 bits per heavy atom. The minimum atomic E-state index is -1.91. The predicted molar refractivity (Wildman–Crippen MR) is 215 cm³/mol. The van der Waals surface area contributed by atoms with E-state index in [0.717, 1.165) is 13.1 Å². The number of allylic oxidation sites excluding steroid dienone is 2. The average Bonchev–Trinajstić information content (AvgIpc) is 3.73. The number of amides is 1. The number of carbonyl (C=O) groups is 2. The van der Waals surface area contributed by atoms with Crippen LogP contribution in [0.5, 0.6) is 17.2 Å². The quantitative estimate of drug-likeness (QED) is 0.193. The number of likely N-dealkylation sites (N-methyl/N-ethyl adjacent to an activating group) is 1. The first-order chi connectivity index (χ1) is 26.4. The first kappa shape index (κ1) is 41.4. The van der Waals surface area contributed by atoms with Crippen LogP contribution in [0.25, 0.3) is 21.0 Å². The third-order valence-electron chi connectivity index (χ3n) is 11.9. The molecule has 1 aromatic heterocycles. The maximum atomic E-state index is 14.5. The number of ketones is 1. The fourth-order valence-electron chi connectivity index (χ4n) is 7.85. The molecule has 304 valence electrons. The van der Waals surface area contributed by atoms with Crippen molar-refractivity contribution >= 4 is 54.8 Å². The van der Waals surface area contributed by atoms with Crippen molar-refractivity contribution in [3.8, 4) is 17.2 Å². The summed E-state index contributed by atoms with van der Waals surface area (Å²) in [6.07, 6.45) is 3.91. The Balaban J connectivity index is 1.54. The van der Waals surface area contributed by atoms with Crippen LogP contribution in [0.4, 0.5) is 10.8 Å². The van der Waals surface area contributed by atoms with E-state index in [1.807, 2.05) is 7.05 Å². The van der Waals surface area contributed by atoms with E-state index in [9.17, 15) is 35.1 Å². The van der Waals surface area contributed by atoms with Gasteiger partial charge in [0.1, 0.15) is 17.2 Å². The molecule has 0 radical (unpaired) electrons. The maximum Gasteiger partial charge on any atom is 0.312 e. The highest BCUT2D eigenvalue weighted by Crippen LogP contribution is 2.55. The number of aliphatic hydroxyl groups is 3. The fraction of sp³-hybridized carbons (Fsp3) is 0.537. The molecule has 56 heavy (non-hydrogen) atoms. The van der Waals surface area contributed by atoms with Crippen molar-refractivity contribution in [2.45, 2.75) is 78.7 Å². The largest absolute Gasteiger partial charge is 0.507 e. The molecule has 3 aliphatic heterocycles. The number of rotatable bonds is 2. The summed E-state index contributed by atoms with van der Waals surface area (Å²) in [6, 6.07) is 0. The maximum absolute atomic E-state index is 14.5. The van der Waals surface area contributed by atoms with Gasteiger partial charge in [-0.05, 0) is 27.0 Å². The summed E-state index contributed by atoms with van der Waals surface area (Å²) in [5, 5.41) is 61.1. The van der Waals surface area contributed by atoms with E-state index in [2.05, 4.69) is 15.1 Å². The molecule has 0 saturated carbocycles. The van der Waals surface area contributed by atoms with Crippen molar-refractivity contribution in [3.63, 3.8) is 0 Å². The van der Waals surface area contributed by atoms with E-state index in [0.29, 0.717) is 28.4 Å². The summed E-state index contributed by atoms with van der Waals surface area (Å²) in [5.41, 5.74) is 0.846. The topological polar surface area (TPSA) is 194 Å². The number of hydrogen-bond acceptors (Lipinski definition) is 14. The first-order valence-corrected chi connectivity index (χ1v) is 19.8. The summed E-state index contributed by atoms with van der Waals surface area (Å²) < 4.78 is 18.3. The van der Waals surface area contributed by atoms with E-state index < -0.39 is 71.3 Å². The number of phenolic OH excluding ortho intramolecular Hbond substituents is 2. The number of carbonyl (C=O) groups excluding carboxylic acids is 2. The number of thiazole rings is 1. The van der Waals surface area contributed by atoms with Crippen LogP contribution in [-0.2, 0) is 14.3 Å². The molecule has 6 rings (SSSR count). The van der Waals surface area contributed by atoms with Crippen LogP contribution in [0.1, 0.15) is 57.5 Å². The minimum absolute atomic E-state index is 0.0344. The Bertz CT molecular complexity index is 2110. The molecule has 14 nitrogen and oxygen atoms in total. The monoisotopic (exact) mass is 794 g/mol. The van der Waals surface area contributed by atoms with Crippen molar-refractivity contribution in [2.75, 3.05) is 50.6 Å². The standard InChI is InChI=1S/C41H54N4O10S/c1-19-11-10-12-20(2)39(52)42-30-35(50)27-26(29-37(30)56-40(43-29)45-16-14-44(8)15-17-45)28-36(24(6)34(27)49)55-41(7,38(28)51)54-18-13-25(53-9)21(3)32(47)23(5)33(48)22(4)31(19)46/h10-13,18-19,21-23,25,31-33,46-50H,14-17H2,1-9H3,(H,42,52)/b11-10+,18-13+,20-12-. The third kappa shape index (κ3) is 7.24. The van der Waals surface area contributed by atoms with Gasteiger partial charge in [-0.2, -0.15) is 0 Å². The van der Waals surface area contributed by atoms with Crippen LogP contribution in [-0.4, -0.2) is 118 Å². The van der Waals surface area contributed by atoms with Gasteiger partial charge in [-0.3, -0.25) is 9.59 Å². The van der Waals surface area contributed by atoms with Gasteiger partial charge < -0.3 is 54.9 Å². The number of nitrogens with one attached hydrogen (secondary N) is 1. The summed E-state index contributed by atoms with van der Waals surface area (Å²) in [5.74, 6) is -6.05. The Labute approximate surface area is 330 Å². The number of aromatic hydroxyl groups is 2. The zero-order valence-corrected chi connectivity index (χ0v) is 34.2. The molecule has 1 saturated heterocycles. The molecule has 3 aromatic rings. The summed E-state index contributed by atoms with van der Waals surface area (Å²) in [6.45, 7) is 14.5. The van der Waals surface area contributed by atoms with E-state index in [4.69, 9.17) is 19.2 Å². The molecule has 9 atom stereocenters. The summed E-state index contributed by atoms with van der Waals surface area (Å²) in [7, 11) is 3.51. The van der Waals surface area contributed by atoms with Crippen LogP contribution in [0.2, 0.25) is 0 Å². The molecule has 9 unspecified atom stereocenters. The van der Waals surface area contributed by atoms with Crippen LogP contribution >= 0.6 is 11.3 Å². The molecular weight excluding hydrogens is 741 g/mol. The van der Waals surface area contributed by atoms with Gasteiger partial charge in [0.05, 0.1) is 51.8 Å². The Morgan fingerprint density at radius 3 is 2.23 bits per heavy atom. The Hall–Kier alpha value is -4.25. The van der Waals surface area contributed by atoms with Gasteiger partial charge in [0.2, 0.25) is 0 Å². The van der Waals surface area contributed by atoms with Gasteiger partial charge in [-0.15, -0.1) is 0 Å². The number of ether oxygens (including phenoxy) is 3. The Kier molecular flexibility index (Phi) is 11.8. The number of aromatic nitrogens is 1. The molecule has 4 heterocycles. The second-order valence-corrected chi connectivity index (χ2v) is 16.7. The number of anilines is 2. The second-order valence-electron chi connectivity index (χ2n) is 15.7. The third-order valence-corrected chi connectivity index (χ3v) is 13.0. The number of benzene rings is 2. The number of nitrogens with zero attached hydrogens (tertiary/aromatic N) is 3. The molecule has 1 amide bonds. The Morgan fingerprint density at radius 1 is 0.929 bits per heavy atom. The van der Waals surface area contributed by atoms with Crippen molar-refractivity contribution < 1.29 is 49.3 Å². The van der Waals surface area contributed by atoms with Crippen LogP contribution in [0.3, 0.4) is 0 Å². The normalized spacial score (nSPS) is 33.3. The molecule has 4 bridgehead atoms. The molecule has 6 N–H and O–H groups in total. The lowest BCUT2D eigenvalue weighted by Gasteiger charge is -2.36. The molecule has 2 aromatic carbocycles. The van der Waals surface area contributed by atoms with Crippen molar-refractivity contribution in [3.05, 3.63) is 47.3 Å². The van der Waals surface area contributed by atoms with Gasteiger partial charge in [0, 0.05) is 80.4 Å². The van der Waals surface area contributed by atoms with Crippen molar-refractivity contribution in [2.24, 2.45) is 23.7 Å². The zero-order valence-electron chi connectivity index (χ0n) is 33.4. The zero-order chi connectivity index (χ0) is 41.0. The smallest absolute Gasteiger partial charge is 0.312 e. The summed E-state index contributed by atoms with van der Waals surface area (Å²) in [4.78, 5) is 37.6. The van der Waals surface area contributed by atoms with Crippen molar-refractivity contribution in [1.82, 2.24) is 9.88 Å². The molecule has 1 fully saturated rings. The van der Waals surface area contributed by atoms with E-state index in [-0.39, 0.29) is 44.7 Å². The van der Waals surface area contributed by atoms with Gasteiger partial charge in [-0.25, -0.2) is 4.98 Å². The lowest BCUT2D eigenvalue weighted by molar-refractivity contribution is -0.112. The first-order valence-electron chi connectivity index (χ1n) is 19.0. The number of hydrogen-bond donors (Lipinski definition) is 6. The van der Waals surface area contributed by atoms with Crippen molar-refractivity contribution in [1.29, 1.82) is 0 Å². The number of fused-ring (bicyclic) bond motifs is 1. The predicted octanol–water partition coefficient (Wildman–Crippen LogP) is 4.84. The molecule has 0 aliphatic carbocycles. The van der Waals surface area contributed by atoms with E-state index in [1.54, 1.807) is 65.8 Å². The highest BCUT2D eigenvalue weighted by Gasteiger charge is 2.49. The lowest BCUT2D eigenvalue weighted by Crippen LogP contribution is -2.44. The molecule has 0 spiro atoms. The number of piperazine rings is 1. The number of aliphatic hydroxyl groups excluding tert-OH is 3. The SMILES string of the molecule is COC1/C=C/OC2(C)Oc3c(C)c(O)c4c(O)c(c5sc(N6CCN(C)CC6)nc5c4c3C2=O)NC(=O)/C(C)=C\C=C\C(C)C(O)C(C)C(O)C(C)C(O)C1C. The number of Topliss-reactive ketones (excluding diaryl/α,β-unsaturated/α-hetero) is 1. The van der Waals surface area contributed by atoms with Gasteiger partial charge in [-0.1, -0.05) is 57.3 Å². The molecule has 15 heteroatoms.